The number of pyridine rings is 1. The predicted octanol–water partition coefficient (Wildman–Crippen LogP) is 2.49. The van der Waals surface area contributed by atoms with Crippen LogP contribution in [0.15, 0.2) is 47.5 Å². The zero-order valence-corrected chi connectivity index (χ0v) is 12.0. The number of nitrogens with zero attached hydrogens (tertiary/aromatic N) is 1. The van der Waals surface area contributed by atoms with Crippen LogP contribution in [0.5, 0.6) is 0 Å². The Morgan fingerprint density at radius 1 is 1.33 bits per heavy atom. The maximum Gasteiger partial charge on any atom is 0.259 e. The molecule has 4 heteroatoms. The fraction of sp³-hybridized carbons (Fsp3) is 0.294. The van der Waals surface area contributed by atoms with E-state index in [1.165, 1.54) is 17.8 Å². The first-order valence-electron chi connectivity index (χ1n) is 7.19. The number of rotatable bonds is 4. The average molecular weight is 282 g/mol. The molecule has 1 aliphatic carbocycles. The molecule has 0 saturated heterocycles. The number of aryl methyl sites for hydroxylation is 1. The van der Waals surface area contributed by atoms with Crippen molar-refractivity contribution in [3.8, 4) is 0 Å². The van der Waals surface area contributed by atoms with Gasteiger partial charge >= 0.3 is 0 Å². The Bertz CT molecular complexity index is 716. The van der Waals surface area contributed by atoms with E-state index in [0.29, 0.717) is 6.54 Å². The van der Waals surface area contributed by atoms with Gasteiger partial charge in [-0.05, 0) is 25.3 Å². The second kappa shape index (κ2) is 5.56. The minimum absolute atomic E-state index is 0.180. The van der Waals surface area contributed by atoms with Crippen LogP contribution in [0.2, 0.25) is 0 Å². The molecular weight excluding hydrogens is 264 g/mol. The van der Waals surface area contributed by atoms with Gasteiger partial charge in [-0.2, -0.15) is 0 Å². The average Bonchev–Trinajstić information content (AvgIpc) is 3.29. The molecular formula is C17H18N2O2. The van der Waals surface area contributed by atoms with Gasteiger partial charge in [0.05, 0.1) is 0 Å². The largest absolute Gasteiger partial charge is 0.367 e. The zero-order chi connectivity index (χ0) is 14.8. The molecule has 21 heavy (non-hydrogen) atoms. The van der Waals surface area contributed by atoms with E-state index in [0.717, 1.165) is 18.4 Å². The number of aromatic amines is 1. The van der Waals surface area contributed by atoms with Gasteiger partial charge in [0.25, 0.3) is 5.91 Å². The van der Waals surface area contributed by atoms with Crippen LogP contribution in [0.4, 0.5) is 0 Å². The summed E-state index contributed by atoms with van der Waals surface area (Å²) in [7, 11) is 0. The molecule has 0 atom stereocenters. The van der Waals surface area contributed by atoms with Crippen LogP contribution >= 0.6 is 0 Å². The molecule has 1 aromatic heterocycles. The second-order valence-corrected chi connectivity index (χ2v) is 5.58. The number of aromatic nitrogens is 1. The standard InChI is InChI=1S/C17H18N2O2/c1-12-3-2-4-13(9-12)11-19(14-5-6-14)17(21)15-10-18-8-7-16(15)20/h2-4,7-10,14H,5-6,11H2,1H3,(H,18,20). The molecule has 1 aromatic carbocycles. The van der Waals surface area contributed by atoms with E-state index in [1.54, 1.807) is 6.20 Å². The van der Waals surface area contributed by atoms with E-state index in [4.69, 9.17) is 0 Å². The molecule has 3 rings (SSSR count). The van der Waals surface area contributed by atoms with Gasteiger partial charge in [0, 0.05) is 31.0 Å². The van der Waals surface area contributed by atoms with Gasteiger partial charge in [-0.3, -0.25) is 9.59 Å². The predicted molar refractivity (Wildman–Crippen MR) is 81.1 cm³/mol. The monoisotopic (exact) mass is 282 g/mol. The molecule has 0 radical (unpaired) electrons. The SMILES string of the molecule is Cc1cccc(CN(C(=O)c2c[nH]ccc2=O)C2CC2)c1. The van der Waals surface area contributed by atoms with Crippen molar-refractivity contribution in [1.82, 2.24) is 9.88 Å². The third-order valence-corrected chi connectivity index (χ3v) is 3.74. The lowest BCUT2D eigenvalue weighted by Gasteiger charge is -2.22. The first kappa shape index (κ1) is 13.6. The van der Waals surface area contributed by atoms with Crippen LogP contribution in [0.25, 0.3) is 0 Å². The van der Waals surface area contributed by atoms with Gasteiger partial charge in [-0.25, -0.2) is 0 Å². The molecule has 1 N–H and O–H groups in total. The third-order valence-electron chi connectivity index (χ3n) is 3.74. The number of benzene rings is 1. The molecule has 1 fully saturated rings. The number of nitrogens with one attached hydrogen (secondary N) is 1. The van der Waals surface area contributed by atoms with E-state index in [2.05, 4.69) is 11.1 Å². The van der Waals surface area contributed by atoms with Gasteiger partial charge < -0.3 is 9.88 Å². The topological polar surface area (TPSA) is 53.2 Å². The summed E-state index contributed by atoms with van der Waals surface area (Å²) in [4.78, 5) is 29.1. The van der Waals surface area contributed by atoms with E-state index >= 15 is 0 Å². The highest BCUT2D eigenvalue weighted by Gasteiger charge is 2.33. The van der Waals surface area contributed by atoms with Crippen LogP contribution in [0.1, 0.15) is 34.3 Å². The van der Waals surface area contributed by atoms with Crippen molar-refractivity contribution in [1.29, 1.82) is 0 Å². The first-order chi connectivity index (χ1) is 10.1. The third kappa shape index (κ3) is 3.05. The summed E-state index contributed by atoms with van der Waals surface area (Å²) in [5.74, 6) is -0.180. The van der Waals surface area contributed by atoms with Crippen LogP contribution in [-0.4, -0.2) is 21.8 Å². The molecule has 0 spiro atoms. The number of carbonyl (C=O) groups is 1. The van der Waals surface area contributed by atoms with Gasteiger partial charge in [-0.1, -0.05) is 29.8 Å². The number of carbonyl (C=O) groups excluding carboxylic acids is 1. The number of hydrogen-bond acceptors (Lipinski definition) is 2. The van der Waals surface area contributed by atoms with Crippen molar-refractivity contribution < 1.29 is 4.79 Å². The van der Waals surface area contributed by atoms with Crippen LogP contribution in [0.3, 0.4) is 0 Å². The Morgan fingerprint density at radius 2 is 2.14 bits per heavy atom. The summed E-state index contributed by atoms with van der Waals surface area (Å²) >= 11 is 0. The maximum atomic E-state index is 12.6. The van der Waals surface area contributed by atoms with Gasteiger partial charge in [0.1, 0.15) is 5.56 Å². The second-order valence-electron chi connectivity index (χ2n) is 5.58. The van der Waals surface area contributed by atoms with Crippen LogP contribution < -0.4 is 5.43 Å². The Hall–Kier alpha value is -2.36. The molecule has 1 saturated carbocycles. The van der Waals surface area contributed by atoms with Crippen LogP contribution in [0, 0.1) is 6.92 Å². The highest BCUT2D eigenvalue weighted by atomic mass is 16.2. The summed E-state index contributed by atoms with van der Waals surface area (Å²) in [6, 6.07) is 9.79. The highest BCUT2D eigenvalue weighted by Crippen LogP contribution is 2.29. The van der Waals surface area contributed by atoms with Gasteiger partial charge in [0.15, 0.2) is 5.43 Å². The minimum Gasteiger partial charge on any atom is -0.367 e. The maximum absolute atomic E-state index is 12.6. The Morgan fingerprint density at radius 3 is 2.81 bits per heavy atom. The summed E-state index contributed by atoms with van der Waals surface area (Å²) in [6.07, 6.45) is 5.07. The summed E-state index contributed by atoms with van der Waals surface area (Å²) in [5, 5.41) is 0. The molecule has 1 amide bonds. The minimum atomic E-state index is -0.228. The van der Waals surface area contributed by atoms with Crippen molar-refractivity contribution in [3.05, 3.63) is 69.6 Å². The normalized spacial score (nSPS) is 14.0. The van der Waals surface area contributed by atoms with Crippen molar-refractivity contribution in [2.24, 2.45) is 0 Å². The lowest BCUT2D eigenvalue weighted by Crippen LogP contribution is -2.35. The van der Waals surface area contributed by atoms with Gasteiger partial charge in [0.2, 0.25) is 0 Å². The lowest BCUT2D eigenvalue weighted by atomic mass is 10.1. The Labute approximate surface area is 123 Å². The fourth-order valence-corrected chi connectivity index (χ4v) is 2.50. The molecule has 2 aromatic rings. The van der Waals surface area contributed by atoms with Crippen molar-refractivity contribution in [2.45, 2.75) is 32.4 Å². The molecule has 1 heterocycles. The molecule has 0 bridgehead atoms. The van der Waals surface area contributed by atoms with Crippen molar-refractivity contribution in [2.75, 3.05) is 0 Å². The quantitative estimate of drug-likeness (QED) is 0.936. The van der Waals surface area contributed by atoms with E-state index in [1.807, 2.05) is 30.0 Å². The van der Waals surface area contributed by atoms with Crippen molar-refractivity contribution >= 4 is 5.91 Å². The van der Waals surface area contributed by atoms with Gasteiger partial charge in [-0.15, -0.1) is 0 Å². The smallest absolute Gasteiger partial charge is 0.259 e. The molecule has 0 aliphatic heterocycles. The summed E-state index contributed by atoms with van der Waals surface area (Å²) in [6.45, 7) is 2.59. The molecule has 108 valence electrons. The molecule has 0 unspecified atom stereocenters. The highest BCUT2D eigenvalue weighted by molar-refractivity contribution is 5.94. The van der Waals surface area contributed by atoms with Crippen molar-refractivity contribution in [3.63, 3.8) is 0 Å². The number of H-pyrrole nitrogens is 1. The number of amides is 1. The number of hydrogen-bond donors (Lipinski definition) is 1. The van der Waals surface area contributed by atoms with E-state index in [9.17, 15) is 9.59 Å². The summed E-state index contributed by atoms with van der Waals surface area (Å²) < 4.78 is 0. The Balaban J connectivity index is 1.87. The fourth-order valence-electron chi connectivity index (χ4n) is 2.50. The summed E-state index contributed by atoms with van der Waals surface area (Å²) in [5.41, 5.74) is 2.27. The van der Waals surface area contributed by atoms with E-state index < -0.39 is 0 Å². The van der Waals surface area contributed by atoms with E-state index in [-0.39, 0.29) is 22.9 Å². The lowest BCUT2D eigenvalue weighted by molar-refractivity contribution is 0.0728. The molecule has 1 aliphatic rings. The zero-order valence-electron chi connectivity index (χ0n) is 12.0. The first-order valence-corrected chi connectivity index (χ1v) is 7.19. The Kier molecular flexibility index (Phi) is 3.60. The molecule has 4 nitrogen and oxygen atoms in total. The van der Waals surface area contributed by atoms with Crippen LogP contribution in [-0.2, 0) is 6.54 Å².